The van der Waals surface area contributed by atoms with E-state index in [1.54, 1.807) is 31.2 Å². The molecule has 0 bridgehead atoms. The first-order valence-electron chi connectivity index (χ1n) is 9.77. The third-order valence-electron chi connectivity index (χ3n) is 4.42. The van der Waals surface area contributed by atoms with Crippen molar-refractivity contribution in [3.8, 4) is 0 Å². The number of anilines is 1. The van der Waals surface area contributed by atoms with Gasteiger partial charge in [-0.15, -0.1) is 0 Å². The summed E-state index contributed by atoms with van der Waals surface area (Å²) in [4.78, 5) is 36.2. The normalized spacial score (nSPS) is 10.8. The summed E-state index contributed by atoms with van der Waals surface area (Å²) in [6.45, 7) is 0.950. The summed E-state index contributed by atoms with van der Waals surface area (Å²) in [5.74, 6) is -7.46. The minimum absolute atomic E-state index is 0.102. The number of amides is 2. The van der Waals surface area contributed by atoms with Gasteiger partial charge < -0.3 is 24.5 Å². The predicted molar refractivity (Wildman–Crippen MR) is 110 cm³/mol. The molecule has 1 heterocycles. The lowest BCUT2D eigenvalue weighted by atomic mass is 10.1. The van der Waals surface area contributed by atoms with Crippen LogP contribution in [-0.4, -0.2) is 37.5 Å². The van der Waals surface area contributed by atoms with Gasteiger partial charge in [-0.25, -0.2) is 18.0 Å². The number of benzene rings is 2. The van der Waals surface area contributed by atoms with Crippen LogP contribution < -0.4 is 10.6 Å². The number of fused-ring (bicyclic) bond motifs is 1. The Balaban J connectivity index is 1.54. The van der Waals surface area contributed by atoms with Crippen LogP contribution in [0.15, 0.2) is 40.8 Å². The number of rotatable bonds is 9. The summed E-state index contributed by atoms with van der Waals surface area (Å²) in [5.41, 5.74) is 0.335. The fraction of sp³-hybridized carbons (Fsp3) is 0.227. The Morgan fingerprint density at radius 3 is 2.52 bits per heavy atom. The molecule has 8 nitrogen and oxygen atoms in total. The number of para-hydroxylation sites is 1. The zero-order chi connectivity index (χ0) is 24.0. The molecule has 0 saturated heterocycles. The zero-order valence-electron chi connectivity index (χ0n) is 17.4. The van der Waals surface area contributed by atoms with Crippen molar-refractivity contribution in [2.75, 3.05) is 25.1 Å². The fourth-order valence-electron chi connectivity index (χ4n) is 2.85. The van der Waals surface area contributed by atoms with Gasteiger partial charge in [-0.1, -0.05) is 18.2 Å². The van der Waals surface area contributed by atoms with Gasteiger partial charge in [0, 0.05) is 17.6 Å². The molecule has 0 aliphatic carbocycles. The van der Waals surface area contributed by atoms with Crippen LogP contribution >= 0.6 is 0 Å². The summed E-state index contributed by atoms with van der Waals surface area (Å²) in [6.07, 6.45) is 0. The minimum atomic E-state index is -1.74. The molecule has 3 rings (SSSR count). The second-order valence-corrected chi connectivity index (χ2v) is 6.67. The first kappa shape index (κ1) is 23.8. The van der Waals surface area contributed by atoms with E-state index in [1.807, 2.05) is 5.32 Å². The molecular weight excluding hydrogens is 445 g/mol. The maximum absolute atomic E-state index is 13.6. The topological polar surface area (TPSA) is 107 Å². The third-order valence-corrected chi connectivity index (χ3v) is 4.42. The van der Waals surface area contributed by atoms with Crippen molar-refractivity contribution >= 4 is 34.4 Å². The van der Waals surface area contributed by atoms with E-state index >= 15 is 0 Å². The van der Waals surface area contributed by atoms with Crippen LogP contribution in [0.4, 0.5) is 18.9 Å². The Labute approximate surface area is 185 Å². The number of hydrogen-bond acceptors (Lipinski definition) is 6. The Kier molecular flexibility index (Phi) is 7.67. The molecule has 33 heavy (non-hydrogen) atoms. The maximum Gasteiger partial charge on any atom is 0.375 e. The highest BCUT2D eigenvalue weighted by molar-refractivity contribution is 5.97. The van der Waals surface area contributed by atoms with E-state index in [9.17, 15) is 27.6 Å². The second kappa shape index (κ2) is 10.6. The molecule has 0 aliphatic rings. The number of furan rings is 1. The summed E-state index contributed by atoms with van der Waals surface area (Å²) >= 11 is 0. The standard InChI is InChI=1S/C22H19F3N2O6/c1-2-31-10-13-12-5-3-4-6-16(12)33-21(13)22(30)32-11-18(29)26-9-17(28)27-15-8-7-14(23)19(24)20(15)25/h3-8H,2,9-11H2,1H3,(H,26,29)(H,27,28). The number of ether oxygens (including phenoxy) is 2. The van der Waals surface area contributed by atoms with Crippen molar-refractivity contribution in [2.45, 2.75) is 13.5 Å². The predicted octanol–water partition coefficient (Wildman–Crippen LogP) is 3.30. The second-order valence-electron chi connectivity index (χ2n) is 6.67. The van der Waals surface area contributed by atoms with Crippen molar-refractivity contribution in [1.29, 1.82) is 0 Å². The molecule has 174 valence electrons. The molecule has 11 heteroatoms. The number of carbonyl (C=O) groups excluding carboxylic acids is 3. The van der Waals surface area contributed by atoms with Gasteiger partial charge >= 0.3 is 5.97 Å². The van der Waals surface area contributed by atoms with Crippen molar-refractivity contribution in [3.05, 3.63) is 65.2 Å². The molecule has 1 aromatic heterocycles. The highest BCUT2D eigenvalue weighted by Gasteiger charge is 2.23. The number of hydrogen-bond donors (Lipinski definition) is 2. The van der Waals surface area contributed by atoms with Gasteiger partial charge in [0.15, 0.2) is 24.1 Å². The van der Waals surface area contributed by atoms with Crippen LogP contribution in [0.1, 0.15) is 23.0 Å². The average molecular weight is 464 g/mol. The SMILES string of the molecule is CCOCc1c(C(=O)OCC(=O)NCC(=O)Nc2ccc(F)c(F)c2F)oc2ccccc12. The Bertz CT molecular complexity index is 1190. The summed E-state index contributed by atoms with van der Waals surface area (Å²) < 4.78 is 55.6. The van der Waals surface area contributed by atoms with Crippen LogP contribution in [0, 0.1) is 17.5 Å². The molecule has 2 N–H and O–H groups in total. The lowest BCUT2D eigenvalue weighted by Gasteiger charge is -2.09. The molecule has 0 radical (unpaired) electrons. The van der Waals surface area contributed by atoms with E-state index < -0.39 is 54.1 Å². The molecule has 2 amide bonds. The van der Waals surface area contributed by atoms with Crippen molar-refractivity contribution in [1.82, 2.24) is 5.32 Å². The first-order valence-corrected chi connectivity index (χ1v) is 9.77. The van der Waals surface area contributed by atoms with Crippen molar-refractivity contribution < 1.29 is 41.4 Å². The van der Waals surface area contributed by atoms with Crippen molar-refractivity contribution in [2.24, 2.45) is 0 Å². The van der Waals surface area contributed by atoms with E-state index in [-0.39, 0.29) is 12.4 Å². The van der Waals surface area contributed by atoms with Crippen LogP contribution in [0.25, 0.3) is 11.0 Å². The lowest BCUT2D eigenvalue weighted by Crippen LogP contribution is -2.35. The highest BCUT2D eigenvalue weighted by Crippen LogP contribution is 2.27. The molecule has 2 aromatic carbocycles. The van der Waals surface area contributed by atoms with Crippen LogP contribution in [0.3, 0.4) is 0 Å². The lowest BCUT2D eigenvalue weighted by molar-refractivity contribution is -0.126. The number of nitrogens with one attached hydrogen (secondary N) is 2. The van der Waals surface area contributed by atoms with Gasteiger partial charge in [0.1, 0.15) is 5.58 Å². The average Bonchev–Trinajstić information content (AvgIpc) is 3.18. The smallest absolute Gasteiger partial charge is 0.375 e. The van der Waals surface area contributed by atoms with E-state index in [2.05, 4.69) is 5.32 Å². The van der Waals surface area contributed by atoms with Crippen LogP contribution in [0.5, 0.6) is 0 Å². The summed E-state index contributed by atoms with van der Waals surface area (Å²) in [6, 6.07) is 8.41. The van der Waals surface area contributed by atoms with Gasteiger partial charge in [0.2, 0.25) is 11.7 Å². The molecule has 3 aromatic rings. The van der Waals surface area contributed by atoms with Gasteiger partial charge in [-0.2, -0.15) is 0 Å². The monoisotopic (exact) mass is 464 g/mol. The molecule has 0 atom stereocenters. The zero-order valence-corrected chi connectivity index (χ0v) is 17.4. The van der Waals surface area contributed by atoms with E-state index in [0.717, 1.165) is 6.07 Å². The number of esters is 1. The fourth-order valence-corrected chi connectivity index (χ4v) is 2.85. The summed E-state index contributed by atoms with van der Waals surface area (Å²) in [7, 11) is 0. The van der Waals surface area contributed by atoms with Gasteiger partial charge in [0.25, 0.3) is 5.91 Å². The van der Waals surface area contributed by atoms with E-state index in [0.29, 0.717) is 29.2 Å². The van der Waals surface area contributed by atoms with Gasteiger partial charge in [0.05, 0.1) is 18.8 Å². The van der Waals surface area contributed by atoms with E-state index in [1.165, 1.54) is 0 Å². The molecule has 0 saturated carbocycles. The molecule has 0 aliphatic heterocycles. The Hall–Kier alpha value is -3.86. The Morgan fingerprint density at radius 1 is 1.00 bits per heavy atom. The van der Waals surface area contributed by atoms with E-state index in [4.69, 9.17) is 13.9 Å². The minimum Gasteiger partial charge on any atom is -0.450 e. The highest BCUT2D eigenvalue weighted by atomic mass is 19.2. The van der Waals surface area contributed by atoms with Gasteiger partial charge in [-0.3, -0.25) is 9.59 Å². The number of halogens is 3. The maximum atomic E-state index is 13.6. The summed E-state index contributed by atoms with van der Waals surface area (Å²) in [5, 5.41) is 4.82. The first-order chi connectivity index (χ1) is 15.8. The quantitative estimate of drug-likeness (QED) is 0.372. The molecule has 0 fully saturated rings. The van der Waals surface area contributed by atoms with Crippen molar-refractivity contribution in [3.63, 3.8) is 0 Å². The van der Waals surface area contributed by atoms with Crippen LogP contribution in [-0.2, 0) is 25.7 Å². The molecule has 0 unspecified atom stereocenters. The van der Waals surface area contributed by atoms with Crippen LogP contribution in [0.2, 0.25) is 0 Å². The molecule has 0 spiro atoms. The number of carbonyl (C=O) groups is 3. The third kappa shape index (κ3) is 5.69. The Morgan fingerprint density at radius 2 is 1.76 bits per heavy atom. The largest absolute Gasteiger partial charge is 0.450 e. The van der Waals surface area contributed by atoms with Gasteiger partial charge in [-0.05, 0) is 25.1 Å². The molecular formula is C22H19F3N2O6.